The molecule has 1 saturated heterocycles. The van der Waals surface area contributed by atoms with Gasteiger partial charge in [-0.25, -0.2) is 8.42 Å². The number of hydrogen-bond donors (Lipinski definition) is 1. The van der Waals surface area contributed by atoms with Crippen LogP contribution in [0.4, 0.5) is 5.69 Å². The van der Waals surface area contributed by atoms with Crippen molar-refractivity contribution in [2.24, 2.45) is 0 Å². The van der Waals surface area contributed by atoms with E-state index in [0.29, 0.717) is 18.5 Å². The van der Waals surface area contributed by atoms with Gasteiger partial charge >= 0.3 is 0 Å². The summed E-state index contributed by atoms with van der Waals surface area (Å²) in [7, 11) is -1.11. The van der Waals surface area contributed by atoms with Crippen molar-refractivity contribution in [3.05, 3.63) is 59.9 Å². The second-order valence-electron chi connectivity index (χ2n) is 6.59. The standard InChI is InChI=1S/C19H23N3O3S/c1-22(17-8-10-26(24,25)14-17)18-11-16(12-20-13-18)19(23)21-9-7-15-5-3-2-4-6-15/h2-6,11-13,17H,7-10,14H2,1H3,(H,21,23). The maximum absolute atomic E-state index is 12.4. The van der Waals surface area contributed by atoms with E-state index in [9.17, 15) is 13.2 Å². The van der Waals surface area contributed by atoms with Gasteiger partial charge in [-0.2, -0.15) is 0 Å². The molecule has 1 aliphatic heterocycles. The molecule has 1 fully saturated rings. The average Bonchev–Trinajstić information content (AvgIpc) is 3.02. The maximum Gasteiger partial charge on any atom is 0.252 e. The summed E-state index contributed by atoms with van der Waals surface area (Å²) >= 11 is 0. The number of anilines is 1. The highest BCUT2D eigenvalue weighted by molar-refractivity contribution is 7.91. The molecule has 0 spiro atoms. The first-order chi connectivity index (χ1) is 12.4. The van der Waals surface area contributed by atoms with Crippen LogP contribution in [0.1, 0.15) is 22.3 Å². The van der Waals surface area contributed by atoms with E-state index in [4.69, 9.17) is 0 Å². The lowest BCUT2D eigenvalue weighted by atomic mass is 10.1. The molecule has 3 rings (SSSR count). The van der Waals surface area contributed by atoms with E-state index < -0.39 is 9.84 Å². The van der Waals surface area contributed by atoms with Crippen LogP contribution in [0, 0.1) is 0 Å². The van der Waals surface area contributed by atoms with Crippen molar-refractivity contribution in [1.82, 2.24) is 10.3 Å². The van der Waals surface area contributed by atoms with Crippen LogP contribution in [0.25, 0.3) is 0 Å². The topological polar surface area (TPSA) is 79.4 Å². The molecular formula is C19H23N3O3S. The summed E-state index contributed by atoms with van der Waals surface area (Å²) in [4.78, 5) is 18.4. The maximum atomic E-state index is 12.4. The zero-order valence-electron chi connectivity index (χ0n) is 14.8. The number of rotatable bonds is 6. The van der Waals surface area contributed by atoms with Crippen molar-refractivity contribution in [3.8, 4) is 0 Å². The Balaban J connectivity index is 1.60. The molecule has 0 saturated carbocycles. The minimum Gasteiger partial charge on any atom is -0.369 e. The third-order valence-corrected chi connectivity index (χ3v) is 6.44. The Morgan fingerprint density at radius 2 is 2.04 bits per heavy atom. The quantitative estimate of drug-likeness (QED) is 0.833. The van der Waals surface area contributed by atoms with Crippen LogP contribution in [0.3, 0.4) is 0 Å². The SMILES string of the molecule is CN(c1cncc(C(=O)NCCc2ccccc2)c1)C1CCS(=O)(=O)C1. The number of hydrogen-bond acceptors (Lipinski definition) is 5. The highest BCUT2D eigenvalue weighted by Gasteiger charge is 2.31. The molecule has 6 nitrogen and oxygen atoms in total. The second-order valence-corrected chi connectivity index (χ2v) is 8.82. The van der Waals surface area contributed by atoms with Crippen LogP contribution in [0.2, 0.25) is 0 Å². The van der Waals surface area contributed by atoms with E-state index in [-0.39, 0.29) is 23.5 Å². The number of carbonyl (C=O) groups excluding carboxylic acids is 1. The summed E-state index contributed by atoms with van der Waals surface area (Å²) in [5.74, 6) is 0.189. The van der Waals surface area contributed by atoms with Gasteiger partial charge in [-0.3, -0.25) is 9.78 Å². The van der Waals surface area contributed by atoms with E-state index >= 15 is 0 Å². The molecule has 1 amide bonds. The van der Waals surface area contributed by atoms with Crippen LogP contribution in [0.5, 0.6) is 0 Å². The third kappa shape index (κ3) is 4.60. The zero-order chi connectivity index (χ0) is 18.6. The fourth-order valence-electron chi connectivity index (χ4n) is 3.10. The Bertz CT molecular complexity index is 869. The van der Waals surface area contributed by atoms with Gasteiger partial charge in [0.1, 0.15) is 0 Å². The Kier molecular flexibility index (Phi) is 5.56. The van der Waals surface area contributed by atoms with Crippen molar-refractivity contribution in [2.75, 3.05) is 30.0 Å². The largest absolute Gasteiger partial charge is 0.369 e. The van der Waals surface area contributed by atoms with E-state index in [2.05, 4.69) is 10.3 Å². The van der Waals surface area contributed by atoms with Crippen molar-refractivity contribution >= 4 is 21.4 Å². The Morgan fingerprint density at radius 1 is 1.27 bits per heavy atom. The van der Waals surface area contributed by atoms with Gasteiger partial charge in [-0.05, 0) is 24.5 Å². The summed E-state index contributed by atoms with van der Waals surface area (Å²) in [6.07, 6.45) is 4.55. The fraction of sp³-hybridized carbons (Fsp3) is 0.368. The molecule has 0 bridgehead atoms. The first kappa shape index (κ1) is 18.4. The first-order valence-corrected chi connectivity index (χ1v) is 10.5. The molecular weight excluding hydrogens is 350 g/mol. The monoisotopic (exact) mass is 373 g/mol. The second kappa shape index (κ2) is 7.86. The molecule has 2 aromatic rings. The van der Waals surface area contributed by atoms with E-state index in [1.165, 1.54) is 11.8 Å². The number of amides is 1. The molecule has 1 aromatic carbocycles. The van der Waals surface area contributed by atoms with Crippen LogP contribution in [-0.4, -0.2) is 50.4 Å². The zero-order valence-corrected chi connectivity index (χ0v) is 15.6. The number of pyridine rings is 1. The lowest BCUT2D eigenvalue weighted by Gasteiger charge is -2.25. The number of benzene rings is 1. The summed E-state index contributed by atoms with van der Waals surface area (Å²) in [5, 5.41) is 2.90. The molecule has 1 atom stereocenters. The Morgan fingerprint density at radius 3 is 2.73 bits per heavy atom. The van der Waals surface area contributed by atoms with E-state index in [1.54, 1.807) is 12.3 Å². The minimum absolute atomic E-state index is 0.0711. The summed E-state index contributed by atoms with van der Waals surface area (Å²) < 4.78 is 23.4. The predicted octanol–water partition coefficient (Wildman–Crippen LogP) is 1.68. The van der Waals surface area contributed by atoms with Crippen molar-refractivity contribution in [2.45, 2.75) is 18.9 Å². The lowest BCUT2D eigenvalue weighted by Crippen LogP contribution is -2.33. The van der Waals surface area contributed by atoms with Crippen molar-refractivity contribution in [3.63, 3.8) is 0 Å². The van der Waals surface area contributed by atoms with Crippen molar-refractivity contribution < 1.29 is 13.2 Å². The summed E-state index contributed by atoms with van der Waals surface area (Å²) in [5.41, 5.74) is 2.40. The van der Waals surface area contributed by atoms with Gasteiger partial charge in [-0.15, -0.1) is 0 Å². The summed E-state index contributed by atoms with van der Waals surface area (Å²) in [6, 6.07) is 11.7. The molecule has 2 heterocycles. The van der Waals surface area contributed by atoms with Gasteiger partial charge in [0, 0.05) is 25.8 Å². The van der Waals surface area contributed by atoms with E-state index in [1.807, 2.05) is 42.3 Å². The molecule has 0 radical (unpaired) electrons. The minimum atomic E-state index is -2.95. The Hall–Kier alpha value is -2.41. The molecule has 7 heteroatoms. The van der Waals surface area contributed by atoms with E-state index in [0.717, 1.165) is 12.1 Å². The fourth-order valence-corrected chi connectivity index (χ4v) is 4.88. The highest BCUT2D eigenvalue weighted by atomic mass is 32.2. The van der Waals surface area contributed by atoms with Gasteiger partial charge < -0.3 is 10.2 Å². The number of nitrogens with zero attached hydrogens (tertiary/aromatic N) is 2. The van der Waals surface area contributed by atoms with Crippen LogP contribution in [-0.2, 0) is 16.3 Å². The molecule has 0 aliphatic carbocycles. The predicted molar refractivity (Wildman–Crippen MR) is 102 cm³/mol. The normalized spacial score (nSPS) is 18.4. The number of aromatic nitrogens is 1. The summed E-state index contributed by atoms with van der Waals surface area (Å²) in [6.45, 7) is 0.545. The number of sulfone groups is 1. The van der Waals surface area contributed by atoms with Gasteiger partial charge in [0.05, 0.1) is 29.0 Å². The third-order valence-electron chi connectivity index (χ3n) is 4.69. The molecule has 1 unspecified atom stereocenters. The van der Waals surface area contributed by atoms with Crippen LogP contribution in [0.15, 0.2) is 48.8 Å². The number of nitrogens with one attached hydrogen (secondary N) is 1. The van der Waals surface area contributed by atoms with Crippen LogP contribution >= 0.6 is 0 Å². The van der Waals surface area contributed by atoms with Gasteiger partial charge in [-0.1, -0.05) is 30.3 Å². The van der Waals surface area contributed by atoms with Gasteiger partial charge in [0.2, 0.25) is 0 Å². The lowest BCUT2D eigenvalue weighted by molar-refractivity contribution is 0.0954. The molecule has 138 valence electrons. The molecule has 1 N–H and O–H groups in total. The van der Waals surface area contributed by atoms with Crippen LogP contribution < -0.4 is 10.2 Å². The molecule has 1 aliphatic rings. The Labute approximate surface area is 154 Å². The molecule has 26 heavy (non-hydrogen) atoms. The highest BCUT2D eigenvalue weighted by Crippen LogP contribution is 2.23. The molecule has 1 aromatic heterocycles. The average molecular weight is 373 g/mol. The van der Waals surface area contributed by atoms with Gasteiger partial charge in [0.25, 0.3) is 5.91 Å². The van der Waals surface area contributed by atoms with Crippen molar-refractivity contribution in [1.29, 1.82) is 0 Å². The number of carbonyl (C=O) groups is 1. The van der Waals surface area contributed by atoms with Gasteiger partial charge in [0.15, 0.2) is 9.84 Å². The first-order valence-electron chi connectivity index (χ1n) is 8.65. The smallest absolute Gasteiger partial charge is 0.252 e.